The molecule has 1 aliphatic carbocycles. The number of carbonyl (C=O) groups excluding carboxylic acids is 1. The van der Waals surface area contributed by atoms with Crippen molar-refractivity contribution in [3.8, 4) is 0 Å². The van der Waals surface area contributed by atoms with Gasteiger partial charge in [0.1, 0.15) is 5.60 Å². The number of carbonyl (C=O) groups is 1. The van der Waals surface area contributed by atoms with Crippen molar-refractivity contribution in [3.63, 3.8) is 0 Å². The molecular formula is C11H20N2O2. The average Bonchev–Trinajstić information content (AvgIpc) is 2.26. The lowest BCUT2D eigenvalue weighted by molar-refractivity contribution is 0.0285. The number of ether oxygens (including phenoxy) is 1. The predicted octanol–water partition coefficient (Wildman–Crippen LogP) is 1.34. The number of nitrogens with two attached hydrogens (primary N) is 1. The highest BCUT2D eigenvalue weighted by molar-refractivity contribution is 5.69. The maximum atomic E-state index is 11.8. The molecule has 0 aromatic rings. The lowest BCUT2D eigenvalue weighted by atomic mass is 9.70. The fourth-order valence-electron chi connectivity index (χ4n) is 2.35. The average molecular weight is 212 g/mol. The van der Waals surface area contributed by atoms with Crippen molar-refractivity contribution < 1.29 is 9.53 Å². The second-order valence-electron chi connectivity index (χ2n) is 5.83. The summed E-state index contributed by atoms with van der Waals surface area (Å²) in [7, 11) is 0. The summed E-state index contributed by atoms with van der Waals surface area (Å²) < 4.78 is 5.32. The quantitative estimate of drug-likeness (QED) is 0.659. The van der Waals surface area contributed by atoms with Crippen molar-refractivity contribution in [3.05, 3.63) is 0 Å². The minimum absolute atomic E-state index is 0.114. The summed E-state index contributed by atoms with van der Waals surface area (Å²) in [5.41, 5.74) is 5.62. The third-order valence-electron chi connectivity index (χ3n) is 3.35. The van der Waals surface area contributed by atoms with Crippen molar-refractivity contribution in [1.82, 2.24) is 4.90 Å². The van der Waals surface area contributed by atoms with Gasteiger partial charge in [-0.1, -0.05) is 0 Å². The van der Waals surface area contributed by atoms with Crippen LogP contribution in [-0.4, -0.2) is 35.2 Å². The fraction of sp³-hybridized carbons (Fsp3) is 0.909. The molecule has 86 valence electrons. The van der Waals surface area contributed by atoms with Crippen molar-refractivity contribution in [2.45, 2.75) is 44.8 Å². The van der Waals surface area contributed by atoms with E-state index in [1.54, 1.807) is 4.90 Å². The van der Waals surface area contributed by atoms with Crippen LogP contribution in [-0.2, 0) is 4.74 Å². The molecule has 2 rings (SSSR count). The third-order valence-corrected chi connectivity index (χ3v) is 3.35. The molecule has 2 fully saturated rings. The standard InChI is InChI=1S/C11H20N2O2/c1-10(2,3)15-9(14)13-6-8-4-5-11(8,12)7-13/h8H,4-7,12H2,1-3H3/t8-,11-/m1/s1. The van der Waals surface area contributed by atoms with Crippen LogP contribution in [0.4, 0.5) is 4.79 Å². The van der Waals surface area contributed by atoms with Gasteiger partial charge in [0.2, 0.25) is 0 Å². The van der Waals surface area contributed by atoms with Gasteiger partial charge in [-0.05, 0) is 39.5 Å². The van der Waals surface area contributed by atoms with Crippen LogP contribution < -0.4 is 5.73 Å². The summed E-state index contributed by atoms with van der Waals surface area (Å²) in [6.45, 7) is 7.08. The summed E-state index contributed by atoms with van der Waals surface area (Å²) in [6.07, 6.45) is 1.97. The Balaban J connectivity index is 1.94. The summed E-state index contributed by atoms with van der Waals surface area (Å²) in [4.78, 5) is 13.5. The maximum absolute atomic E-state index is 11.8. The molecule has 1 saturated heterocycles. The van der Waals surface area contributed by atoms with Crippen LogP contribution in [0.25, 0.3) is 0 Å². The van der Waals surface area contributed by atoms with Crippen molar-refractivity contribution >= 4 is 6.09 Å². The third kappa shape index (κ3) is 1.95. The zero-order valence-electron chi connectivity index (χ0n) is 9.75. The molecule has 2 aliphatic rings. The van der Waals surface area contributed by atoms with E-state index in [1.807, 2.05) is 20.8 Å². The Morgan fingerprint density at radius 1 is 1.53 bits per heavy atom. The van der Waals surface area contributed by atoms with Crippen molar-refractivity contribution in [2.24, 2.45) is 11.7 Å². The van der Waals surface area contributed by atoms with Crippen LogP contribution >= 0.6 is 0 Å². The van der Waals surface area contributed by atoms with Gasteiger partial charge in [0.05, 0.1) is 0 Å². The molecule has 1 amide bonds. The van der Waals surface area contributed by atoms with Gasteiger partial charge in [-0.25, -0.2) is 4.79 Å². The second kappa shape index (κ2) is 3.11. The topological polar surface area (TPSA) is 55.6 Å². The highest BCUT2D eigenvalue weighted by Gasteiger charge is 2.51. The molecule has 1 saturated carbocycles. The van der Waals surface area contributed by atoms with Gasteiger partial charge in [0.25, 0.3) is 0 Å². The first-order valence-electron chi connectivity index (χ1n) is 5.57. The van der Waals surface area contributed by atoms with Gasteiger partial charge in [-0.15, -0.1) is 0 Å². The Kier molecular flexibility index (Phi) is 2.23. The molecule has 0 radical (unpaired) electrons. The number of rotatable bonds is 0. The minimum atomic E-state index is -0.416. The Morgan fingerprint density at radius 2 is 2.20 bits per heavy atom. The van der Waals surface area contributed by atoms with Gasteiger partial charge < -0.3 is 15.4 Å². The molecule has 1 aliphatic heterocycles. The van der Waals surface area contributed by atoms with E-state index in [0.717, 1.165) is 19.4 Å². The molecule has 4 heteroatoms. The van der Waals surface area contributed by atoms with Crippen molar-refractivity contribution in [1.29, 1.82) is 0 Å². The molecule has 1 heterocycles. The summed E-state index contributed by atoms with van der Waals surface area (Å²) in [5.74, 6) is 0.491. The lowest BCUT2D eigenvalue weighted by Crippen LogP contribution is -2.54. The molecule has 0 spiro atoms. The summed E-state index contributed by atoms with van der Waals surface area (Å²) >= 11 is 0. The summed E-state index contributed by atoms with van der Waals surface area (Å²) in [6, 6.07) is 0. The Morgan fingerprint density at radius 3 is 2.53 bits per heavy atom. The van der Waals surface area contributed by atoms with Gasteiger partial charge in [-0.3, -0.25) is 0 Å². The number of hydrogen-bond acceptors (Lipinski definition) is 3. The molecule has 0 bridgehead atoms. The van der Waals surface area contributed by atoms with Crippen LogP contribution in [0.15, 0.2) is 0 Å². The number of fused-ring (bicyclic) bond motifs is 1. The minimum Gasteiger partial charge on any atom is -0.444 e. The zero-order valence-corrected chi connectivity index (χ0v) is 9.75. The van der Waals surface area contributed by atoms with E-state index < -0.39 is 5.60 Å². The molecular weight excluding hydrogens is 192 g/mol. The van der Waals surface area contributed by atoms with Crippen LogP contribution in [0.3, 0.4) is 0 Å². The first-order chi connectivity index (χ1) is 6.80. The van der Waals surface area contributed by atoms with Crippen molar-refractivity contribution in [2.75, 3.05) is 13.1 Å². The fourth-order valence-corrected chi connectivity index (χ4v) is 2.35. The SMILES string of the molecule is CC(C)(C)OC(=O)N1C[C@H]2CC[C@@]2(N)C1. The van der Waals surface area contributed by atoms with E-state index >= 15 is 0 Å². The normalized spacial score (nSPS) is 34.7. The maximum Gasteiger partial charge on any atom is 0.410 e. The van der Waals surface area contributed by atoms with Crippen LogP contribution in [0.1, 0.15) is 33.6 Å². The van der Waals surface area contributed by atoms with E-state index in [2.05, 4.69) is 0 Å². The van der Waals surface area contributed by atoms with Gasteiger partial charge in [0.15, 0.2) is 0 Å². The Hall–Kier alpha value is -0.770. The van der Waals surface area contributed by atoms with Gasteiger partial charge in [-0.2, -0.15) is 0 Å². The number of nitrogens with zero attached hydrogens (tertiary/aromatic N) is 1. The lowest BCUT2D eigenvalue weighted by Gasteiger charge is -2.39. The Labute approximate surface area is 90.8 Å². The molecule has 4 nitrogen and oxygen atoms in total. The zero-order chi connectivity index (χ0) is 11.3. The van der Waals surface area contributed by atoms with Gasteiger partial charge >= 0.3 is 6.09 Å². The number of amides is 1. The second-order valence-corrected chi connectivity index (χ2v) is 5.83. The molecule has 15 heavy (non-hydrogen) atoms. The monoisotopic (exact) mass is 212 g/mol. The van der Waals surface area contributed by atoms with Crippen LogP contribution in [0.5, 0.6) is 0 Å². The van der Waals surface area contributed by atoms with Crippen LogP contribution in [0.2, 0.25) is 0 Å². The Bertz CT molecular complexity index is 285. The number of hydrogen-bond donors (Lipinski definition) is 1. The largest absolute Gasteiger partial charge is 0.444 e. The van der Waals surface area contributed by atoms with E-state index in [9.17, 15) is 4.79 Å². The highest BCUT2D eigenvalue weighted by atomic mass is 16.6. The number of likely N-dealkylation sites (tertiary alicyclic amines) is 1. The molecule has 0 aromatic carbocycles. The molecule has 2 N–H and O–H groups in total. The van der Waals surface area contributed by atoms with Crippen LogP contribution in [0, 0.1) is 5.92 Å². The van der Waals surface area contributed by atoms with E-state index in [-0.39, 0.29) is 11.6 Å². The smallest absolute Gasteiger partial charge is 0.410 e. The van der Waals surface area contributed by atoms with E-state index in [4.69, 9.17) is 10.5 Å². The first kappa shape index (κ1) is 10.7. The molecule has 0 unspecified atom stereocenters. The summed E-state index contributed by atoms with van der Waals surface area (Å²) in [5, 5.41) is 0. The van der Waals surface area contributed by atoms with Gasteiger partial charge in [0, 0.05) is 18.6 Å². The highest BCUT2D eigenvalue weighted by Crippen LogP contribution is 2.42. The predicted molar refractivity (Wildman–Crippen MR) is 57.4 cm³/mol. The molecule has 2 atom stereocenters. The van der Waals surface area contributed by atoms with E-state index in [1.165, 1.54) is 0 Å². The first-order valence-corrected chi connectivity index (χ1v) is 5.57. The van der Waals surface area contributed by atoms with E-state index in [0.29, 0.717) is 12.5 Å². The molecule has 0 aromatic heterocycles.